The molecule has 0 spiro atoms. The van der Waals surface area contributed by atoms with Crippen LogP contribution in [0.1, 0.15) is 15.9 Å². The molecule has 0 atom stereocenters. The predicted molar refractivity (Wildman–Crippen MR) is 60.7 cm³/mol. The minimum absolute atomic E-state index is 0.249. The fourth-order valence-electron chi connectivity index (χ4n) is 1.34. The maximum Gasteiger partial charge on any atom is 0.150 e. The first-order valence-corrected chi connectivity index (χ1v) is 4.51. The quantitative estimate of drug-likeness (QED) is 0.455. The summed E-state index contributed by atoms with van der Waals surface area (Å²) in [6, 6.07) is 3.16. The SMILES string of the molecule is C=CCNc1c(C)cc(C=O)cc1N=O. The van der Waals surface area contributed by atoms with Crippen molar-refractivity contribution >= 4 is 17.7 Å². The Labute approximate surface area is 88.0 Å². The molecule has 1 aromatic rings. The molecule has 15 heavy (non-hydrogen) atoms. The molecule has 1 N–H and O–H groups in total. The van der Waals surface area contributed by atoms with Crippen molar-refractivity contribution in [3.05, 3.63) is 40.8 Å². The van der Waals surface area contributed by atoms with E-state index in [4.69, 9.17) is 0 Å². The fourth-order valence-corrected chi connectivity index (χ4v) is 1.34. The molecule has 0 aliphatic carbocycles. The van der Waals surface area contributed by atoms with Gasteiger partial charge in [0.15, 0.2) is 0 Å². The van der Waals surface area contributed by atoms with Crippen molar-refractivity contribution in [1.29, 1.82) is 0 Å². The summed E-state index contributed by atoms with van der Waals surface area (Å²) in [5, 5.41) is 5.89. The lowest BCUT2D eigenvalue weighted by atomic mass is 10.1. The number of anilines is 1. The van der Waals surface area contributed by atoms with Crippen LogP contribution < -0.4 is 5.32 Å². The minimum Gasteiger partial charge on any atom is -0.380 e. The summed E-state index contributed by atoms with van der Waals surface area (Å²) in [4.78, 5) is 21.2. The first-order valence-electron chi connectivity index (χ1n) is 4.51. The van der Waals surface area contributed by atoms with Gasteiger partial charge in [-0.2, -0.15) is 0 Å². The van der Waals surface area contributed by atoms with Gasteiger partial charge in [0, 0.05) is 12.1 Å². The molecule has 0 saturated heterocycles. The number of nitrogens with one attached hydrogen (secondary N) is 1. The molecule has 0 radical (unpaired) electrons. The number of aldehydes is 1. The van der Waals surface area contributed by atoms with E-state index in [9.17, 15) is 9.70 Å². The van der Waals surface area contributed by atoms with Gasteiger partial charge in [0.1, 0.15) is 12.0 Å². The van der Waals surface area contributed by atoms with Crippen molar-refractivity contribution in [1.82, 2.24) is 0 Å². The average Bonchev–Trinajstić information content (AvgIpc) is 2.26. The number of hydrogen-bond acceptors (Lipinski definition) is 4. The van der Waals surface area contributed by atoms with Gasteiger partial charge in [-0.15, -0.1) is 11.5 Å². The molecule has 0 unspecified atom stereocenters. The van der Waals surface area contributed by atoms with Crippen molar-refractivity contribution in [3.8, 4) is 0 Å². The lowest BCUT2D eigenvalue weighted by Gasteiger charge is -2.09. The van der Waals surface area contributed by atoms with Gasteiger partial charge in [-0.3, -0.25) is 4.79 Å². The second-order valence-corrected chi connectivity index (χ2v) is 3.11. The number of rotatable bonds is 5. The third kappa shape index (κ3) is 2.49. The standard InChI is InChI=1S/C11H12N2O2/c1-3-4-12-11-8(2)5-9(7-14)6-10(11)13-15/h3,5-7,12H,1,4H2,2H3. The Hall–Kier alpha value is -1.97. The van der Waals surface area contributed by atoms with E-state index in [1.54, 1.807) is 12.1 Å². The first kappa shape index (κ1) is 11.1. The Morgan fingerprint density at radius 2 is 2.27 bits per heavy atom. The van der Waals surface area contributed by atoms with E-state index in [-0.39, 0.29) is 5.69 Å². The van der Waals surface area contributed by atoms with Crippen molar-refractivity contribution in [2.75, 3.05) is 11.9 Å². The van der Waals surface area contributed by atoms with E-state index < -0.39 is 0 Å². The van der Waals surface area contributed by atoms with Crippen LogP contribution in [0.5, 0.6) is 0 Å². The molecule has 4 nitrogen and oxygen atoms in total. The second kappa shape index (κ2) is 5.05. The lowest BCUT2D eigenvalue weighted by Crippen LogP contribution is -2.00. The highest BCUT2D eigenvalue weighted by atomic mass is 16.3. The Bertz CT molecular complexity index is 400. The van der Waals surface area contributed by atoms with Crippen molar-refractivity contribution in [2.24, 2.45) is 5.18 Å². The number of nitroso groups, excluding NO2 is 1. The van der Waals surface area contributed by atoms with Gasteiger partial charge in [0.2, 0.25) is 0 Å². The summed E-state index contributed by atoms with van der Waals surface area (Å²) in [5.41, 5.74) is 2.16. The largest absolute Gasteiger partial charge is 0.380 e. The Kier molecular flexibility index (Phi) is 3.74. The molecule has 0 heterocycles. The van der Waals surface area contributed by atoms with Crippen molar-refractivity contribution in [3.63, 3.8) is 0 Å². The zero-order valence-electron chi connectivity index (χ0n) is 8.49. The molecule has 78 valence electrons. The van der Waals surface area contributed by atoms with Crippen LogP contribution in [0.25, 0.3) is 0 Å². The van der Waals surface area contributed by atoms with Crippen LogP contribution in [0.2, 0.25) is 0 Å². The highest BCUT2D eigenvalue weighted by molar-refractivity contribution is 5.82. The smallest absolute Gasteiger partial charge is 0.150 e. The van der Waals surface area contributed by atoms with Crippen molar-refractivity contribution < 1.29 is 4.79 Å². The highest BCUT2D eigenvalue weighted by Gasteiger charge is 2.07. The summed E-state index contributed by atoms with van der Waals surface area (Å²) < 4.78 is 0. The normalized spacial score (nSPS) is 9.40. The van der Waals surface area contributed by atoms with Crippen LogP contribution in [-0.2, 0) is 0 Å². The second-order valence-electron chi connectivity index (χ2n) is 3.11. The average molecular weight is 204 g/mol. The monoisotopic (exact) mass is 204 g/mol. The van der Waals surface area contributed by atoms with E-state index >= 15 is 0 Å². The van der Waals surface area contributed by atoms with Crippen LogP contribution in [0.3, 0.4) is 0 Å². The van der Waals surface area contributed by atoms with Crippen LogP contribution in [0.4, 0.5) is 11.4 Å². The van der Waals surface area contributed by atoms with Gasteiger partial charge in [-0.25, -0.2) is 0 Å². The number of carbonyl (C=O) groups excluding carboxylic acids is 1. The number of hydrogen-bond donors (Lipinski definition) is 1. The van der Waals surface area contributed by atoms with E-state index in [0.717, 1.165) is 5.56 Å². The van der Waals surface area contributed by atoms with E-state index in [2.05, 4.69) is 17.1 Å². The molecule has 0 amide bonds. The number of aryl methyl sites for hydroxylation is 1. The van der Waals surface area contributed by atoms with Gasteiger partial charge in [0.05, 0.1) is 5.69 Å². The molecule has 0 aliphatic rings. The Balaban J connectivity index is 3.17. The van der Waals surface area contributed by atoms with Crippen LogP contribution in [0.15, 0.2) is 30.0 Å². The first-order chi connectivity index (χ1) is 7.22. The third-order valence-corrected chi connectivity index (χ3v) is 1.99. The highest BCUT2D eigenvalue weighted by Crippen LogP contribution is 2.29. The molecule has 0 saturated carbocycles. The number of benzene rings is 1. The molecular formula is C11H12N2O2. The summed E-state index contributed by atoms with van der Waals surface area (Å²) in [5.74, 6) is 0. The van der Waals surface area contributed by atoms with Gasteiger partial charge >= 0.3 is 0 Å². The number of nitrogens with zero attached hydrogens (tertiary/aromatic N) is 1. The van der Waals surface area contributed by atoms with E-state index in [1.165, 1.54) is 6.07 Å². The lowest BCUT2D eigenvalue weighted by molar-refractivity contribution is 0.112. The minimum atomic E-state index is 0.249. The molecule has 0 bridgehead atoms. The molecule has 1 aromatic carbocycles. The molecule has 0 aromatic heterocycles. The Morgan fingerprint density at radius 1 is 1.53 bits per heavy atom. The predicted octanol–water partition coefficient (Wildman–Crippen LogP) is 2.80. The zero-order chi connectivity index (χ0) is 11.3. The molecule has 4 heteroatoms. The van der Waals surface area contributed by atoms with Crippen molar-refractivity contribution in [2.45, 2.75) is 6.92 Å². The number of carbonyl (C=O) groups is 1. The van der Waals surface area contributed by atoms with E-state index in [1.807, 2.05) is 6.92 Å². The molecule has 0 fully saturated rings. The third-order valence-electron chi connectivity index (χ3n) is 1.99. The summed E-state index contributed by atoms with van der Waals surface area (Å²) >= 11 is 0. The summed E-state index contributed by atoms with van der Waals surface area (Å²) in [6.07, 6.45) is 2.38. The van der Waals surface area contributed by atoms with Crippen LogP contribution in [0, 0.1) is 11.8 Å². The van der Waals surface area contributed by atoms with Gasteiger partial charge in [0.25, 0.3) is 0 Å². The maximum absolute atomic E-state index is 10.6. The maximum atomic E-state index is 10.6. The summed E-state index contributed by atoms with van der Waals surface area (Å²) in [6.45, 7) is 5.93. The van der Waals surface area contributed by atoms with E-state index in [0.29, 0.717) is 24.1 Å². The van der Waals surface area contributed by atoms with Gasteiger partial charge in [-0.1, -0.05) is 6.08 Å². The van der Waals surface area contributed by atoms with Crippen LogP contribution >= 0.6 is 0 Å². The van der Waals surface area contributed by atoms with Crippen LogP contribution in [-0.4, -0.2) is 12.8 Å². The Morgan fingerprint density at radius 3 is 2.80 bits per heavy atom. The molecule has 1 rings (SSSR count). The molecule has 0 aliphatic heterocycles. The topological polar surface area (TPSA) is 58.5 Å². The van der Waals surface area contributed by atoms with Gasteiger partial charge in [-0.05, 0) is 29.8 Å². The molecular weight excluding hydrogens is 192 g/mol. The van der Waals surface area contributed by atoms with Gasteiger partial charge < -0.3 is 5.32 Å². The summed E-state index contributed by atoms with van der Waals surface area (Å²) in [7, 11) is 0. The fraction of sp³-hybridized carbons (Fsp3) is 0.182. The zero-order valence-corrected chi connectivity index (χ0v) is 8.49.